The van der Waals surface area contributed by atoms with Crippen LogP contribution in [0.3, 0.4) is 0 Å². The second-order valence-corrected chi connectivity index (χ2v) is 6.48. The topological polar surface area (TPSA) is 56.8 Å². The zero-order valence-electron chi connectivity index (χ0n) is 15.2. The zero-order valence-corrected chi connectivity index (χ0v) is 15.2. The van der Waals surface area contributed by atoms with E-state index in [2.05, 4.69) is 5.32 Å². The number of carbonyl (C=O) groups excluding carboxylic acids is 1. The van der Waals surface area contributed by atoms with E-state index in [1.54, 1.807) is 38.3 Å². The van der Waals surface area contributed by atoms with Gasteiger partial charge in [0.15, 0.2) is 6.10 Å². The Morgan fingerprint density at radius 3 is 2.42 bits per heavy atom. The van der Waals surface area contributed by atoms with Crippen molar-refractivity contribution in [2.45, 2.75) is 44.8 Å². The van der Waals surface area contributed by atoms with Gasteiger partial charge in [-0.25, -0.2) is 0 Å². The molecule has 5 nitrogen and oxygen atoms in total. The maximum absolute atomic E-state index is 12.4. The Bertz CT molecular complexity index is 723. The van der Waals surface area contributed by atoms with Crippen LogP contribution >= 0.6 is 0 Å². The van der Waals surface area contributed by atoms with Crippen LogP contribution in [-0.2, 0) is 4.79 Å². The van der Waals surface area contributed by atoms with Crippen molar-refractivity contribution in [1.82, 2.24) is 0 Å². The molecule has 26 heavy (non-hydrogen) atoms. The zero-order chi connectivity index (χ0) is 18.4. The summed E-state index contributed by atoms with van der Waals surface area (Å²) in [7, 11) is 1.61. The summed E-state index contributed by atoms with van der Waals surface area (Å²) < 4.78 is 16.8. The van der Waals surface area contributed by atoms with Gasteiger partial charge >= 0.3 is 0 Å². The van der Waals surface area contributed by atoms with Crippen molar-refractivity contribution in [1.29, 1.82) is 0 Å². The van der Waals surface area contributed by atoms with E-state index in [9.17, 15) is 4.79 Å². The van der Waals surface area contributed by atoms with Gasteiger partial charge in [0, 0.05) is 11.8 Å². The molecule has 1 saturated carbocycles. The average molecular weight is 355 g/mol. The molecule has 1 aliphatic rings. The minimum absolute atomic E-state index is 0.209. The van der Waals surface area contributed by atoms with Gasteiger partial charge < -0.3 is 19.5 Å². The molecule has 0 spiro atoms. The monoisotopic (exact) mass is 355 g/mol. The van der Waals surface area contributed by atoms with Crippen LogP contribution in [0.2, 0.25) is 0 Å². The van der Waals surface area contributed by atoms with Crippen molar-refractivity contribution in [3.63, 3.8) is 0 Å². The fourth-order valence-corrected chi connectivity index (χ4v) is 3.00. The van der Waals surface area contributed by atoms with Gasteiger partial charge in [-0.2, -0.15) is 0 Å². The number of methoxy groups -OCH3 is 1. The highest BCUT2D eigenvalue weighted by molar-refractivity contribution is 5.94. The first kappa shape index (κ1) is 18.1. The van der Waals surface area contributed by atoms with Gasteiger partial charge in [0.05, 0.1) is 13.2 Å². The standard InChI is InChI=1S/C21H25NO4/c1-15(25-19-12-10-17(24-2)11-13-19)21(23)22-16-6-5-9-20(14-16)26-18-7-3-4-8-18/h5-6,9-15,18H,3-4,7-8H2,1-2H3,(H,22,23). The average Bonchev–Trinajstić information content (AvgIpc) is 3.15. The molecule has 0 heterocycles. The number of amides is 1. The van der Waals surface area contributed by atoms with Crippen LogP contribution < -0.4 is 19.5 Å². The predicted molar refractivity (Wildman–Crippen MR) is 101 cm³/mol. The molecule has 1 amide bonds. The Labute approximate surface area is 154 Å². The Hall–Kier alpha value is -2.69. The lowest BCUT2D eigenvalue weighted by molar-refractivity contribution is -0.122. The number of carbonyl (C=O) groups is 1. The smallest absolute Gasteiger partial charge is 0.265 e. The summed E-state index contributed by atoms with van der Waals surface area (Å²) in [5.41, 5.74) is 0.704. The fraction of sp³-hybridized carbons (Fsp3) is 0.381. The minimum atomic E-state index is -0.622. The van der Waals surface area contributed by atoms with Crippen LogP contribution in [0.1, 0.15) is 32.6 Å². The molecular formula is C21H25NO4. The van der Waals surface area contributed by atoms with Crippen LogP contribution in [0, 0.1) is 0 Å². The molecule has 0 aliphatic heterocycles. The summed E-state index contributed by atoms with van der Waals surface area (Å²) in [4.78, 5) is 12.4. The molecule has 138 valence electrons. The maximum Gasteiger partial charge on any atom is 0.265 e. The molecular weight excluding hydrogens is 330 g/mol. The quantitative estimate of drug-likeness (QED) is 0.799. The van der Waals surface area contributed by atoms with Crippen molar-refractivity contribution in [3.05, 3.63) is 48.5 Å². The van der Waals surface area contributed by atoms with Crippen molar-refractivity contribution in [3.8, 4) is 17.2 Å². The second kappa shape index (κ2) is 8.61. The largest absolute Gasteiger partial charge is 0.497 e. The highest BCUT2D eigenvalue weighted by Gasteiger charge is 2.18. The lowest BCUT2D eigenvalue weighted by atomic mass is 10.2. The third-order valence-corrected chi connectivity index (χ3v) is 4.45. The Balaban J connectivity index is 1.55. The van der Waals surface area contributed by atoms with E-state index in [0.717, 1.165) is 24.3 Å². The molecule has 0 aromatic heterocycles. The van der Waals surface area contributed by atoms with E-state index in [-0.39, 0.29) is 5.91 Å². The third kappa shape index (κ3) is 4.91. The van der Waals surface area contributed by atoms with Crippen molar-refractivity contribution >= 4 is 11.6 Å². The lowest BCUT2D eigenvalue weighted by Crippen LogP contribution is -2.30. The lowest BCUT2D eigenvalue weighted by Gasteiger charge is -2.16. The Morgan fingerprint density at radius 2 is 1.73 bits per heavy atom. The SMILES string of the molecule is COc1ccc(OC(C)C(=O)Nc2cccc(OC3CCCC3)c2)cc1. The molecule has 1 unspecified atom stereocenters. The van der Waals surface area contributed by atoms with Gasteiger partial charge in [-0.05, 0) is 69.0 Å². The Kier molecular flexibility index (Phi) is 6.00. The predicted octanol–water partition coefficient (Wildman–Crippen LogP) is 4.42. The minimum Gasteiger partial charge on any atom is -0.497 e. The highest BCUT2D eigenvalue weighted by Crippen LogP contribution is 2.26. The van der Waals surface area contributed by atoms with E-state index < -0.39 is 6.10 Å². The van der Waals surface area contributed by atoms with Gasteiger partial charge in [0.1, 0.15) is 17.2 Å². The van der Waals surface area contributed by atoms with Crippen molar-refractivity contribution < 1.29 is 19.0 Å². The van der Waals surface area contributed by atoms with Crippen molar-refractivity contribution in [2.75, 3.05) is 12.4 Å². The Morgan fingerprint density at radius 1 is 1.04 bits per heavy atom. The second-order valence-electron chi connectivity index (χ2n) is 6.48. The third-order valence-electron chi connectivity index (χ3n) is 4.45. The molecule has 5 heteroatoms. The number of rotatable bonds is 7. The molecule has 3 rings (SSSR count). The van der Waals surface area contributed by atoms with Gasteiger partial charge in [-0.15, -0.1) is 0 Å². The summed E-state index contributed by atoms with van der Waals surface area (Å²) in [6.07, 6.45) is 4.32. The van der Waals surface area contributed by atoms with E-state index >= 15 is 0 Å². The first-order chi connectivity index (χ1) is 12.6. The fourth-order valence-electron chi connectivity index (χ4n) is 3.00. The number of benzene rings is 2. The molecule has 2 aromatic carbocycles. The van der Waals surface area contributed by atoms with Crippen LogP contribution in [0.4, 0.5) is 5.69 Å². The normalized spacial score (nSPS) is 15.3. The highest BCUT2D eigenvalue weighted by atomic mass is 16.5. The van der Waals surface area contributed by atoms with Crippen LogP contribution in [0.25, 0.3) is 0 Å². The summed E-state index contributed by atoms with van der Waals surface area (Å²) in [6.45, 7) is 1.72. The van der Waals surface area contributed by atoms with Crippen LogP contribution in [0.15, 0.2) is 48.5 Å². The molecule has 2 aromatic rings. The molecule has 0 saturated heterocycles. The van der Waals surface area contributed by atoms with Crippen molar-refractivity contribution in [2.24, 2.45) is 0 Å². The van der Waals surface area contributed by atoms with Crippen LogP contribution in [0.5, 0.6) is 17.2 Å². The van der Waals surface area contributed by atoms with Gasteiger partial charge in [-0.1, -0.05) is 6.07 Å². The molecule has 1 atom stereocenters. The molecule has 1 fully saturated rings. The molecule has 1 N–H and O–H groups in total. The molecule has 1 aliphatic carbocycles. The summed E-state index contributed by atoms with van der Waals surface area (Å²) in [6, 6.07) is 14.7. The van der Waals surface area contributed by atoms with E-state index in [4.69, 9.17) is 14.2 Å². The number of hydrogen-bond donors (Lipinski definition) is 1. The van der Waals surface area contributed by atoms with Crippen LogP contribution in [-0.4, -0.2) is 25.2 Å². The summed E-state index contributed by atoms with van der Waals surface area (Å²) in [5, 5.41) is 2.88. The number of hydrogen-bond acceptors (Lipinski definition) is 4. The molecule has 0 radical (unpaired) electrons. The van der Waals surface area contributed by atoms with Gasteiger partial charge in [-0.3, -0.25) is 4.79 Å². The number of ether oxygens (including phenoxy) is 3. The van der Waals surface area contributed by atoms with E-state index in [0.29, 0.717) is 17.5 Å². The van der Waals surface area contributed by atoms with Gasteiger partial charge in [0.2, 0.25) is 0 Å². The number of anilines is 1. The summed E-state index contributed by atoms with van der Waals surface area (Å²) >= 11 is 0. The molecule has 0 bridgehead atoms. The summed E-state index contributed by atoms with van der Waals surface area (Å²) in [5.74, 6) is 1.94. The first-order valence-corrected chi connectivity index (χ1v) is 9.02. The number of nitrogens with one attached hydrogen (secondary N) is 1. The maximum atomic E-state index is 12.4. The van der Waals surface area contributed by atoms with Gasteiger partial charge in [0.25, 0.3) is 5.91 Å². The van der Waals surface area contributed by atoms with E-state index in [1.807, 2.05) is 24.3 Å². The first-order valence-electron chi connectivity index (χ1n) is 9.02. The van der Waals surface area contributed by atoms with E-state index in [1.165, 1.54) is 12.8 Å².